The molecule has 1 N–H and O–H groups in total. The smallest absolute Gasteiger partial charge is 0.410 e. The predicted molar refractivity (Wildman–Crippen MR) is 83.0 cm³/mol. The second-order valence-corrected chi connectivity index (χ2v) is 6.92. The van der Waals surface area contributed by atoms with E-state index in [1.54, 1.807) is 0 Å². The number of piperidine rings is 1. The van der Waals surface area contributed by atoms with Gasteiger partial charge in [0.15, 0.2) is 0 Å². The zero-order chi connectivity index (χ0) is 15.2. The lowest BCUT2D eigenvalue weighted by atomic mass is 10.0. The van der Waals surface area contributed by atoms with Crippen molar-refractivity contribution < 1.29 is 9.53 Å². The normalized spacial score (nSPS) is 21.6. The molecule has 1 fully saturated rings. The van der Waals surface area contributed by atoms with Gasteiger partial charge in [-0.25, -0.2) is 4.79 Å². The summed E-state index contributed by atoms with van der Waals surface area (Å²) in [5.74, 6) is 0. The van der Waals surface area contributed by atoms with E-state index in [4.69, 9.17) is 4.74 Å². The van der Waals surface area contributed by atoms with E-state index >= 15 is 0 Å². The number of nitrogens with one attached hydrogen (secondary N) is 1. The summed E-state index contributed by atoms with van der Waals surface area (Å²) in [5, 5.41) is 3.55. The van der Waals surface area contributed by atoms with Gasteiger partial charge in [-0.3, -0.25) is 0 Å². The van der Waals surface area contributed by atoms with Gasteiger partial charge in [-0.1, -0.05) is 13.3 Å². The Labute approximate surface area is 124 Å². The van der Waals surface area contributed by atoms with Crippen LogP contribution in [0.15, 0.2) is 0 Å². The summed E-state index contributed by atoms with van der Waals surface area (Å²) in [6.45, 7) is 11.9. The summed E-state index contributed by atoms with van der Waals surface area (Å²) >= 11 is 0. The largest absolute Gasteiger partial charge is 0.444 e. The summed E-state index contributed by atoms with van der Waals surface area (Å²) in [5.41, 5.74) is -0.415. The highest BCUT2D eigenvalue weighted by atomic mass is 16.6. The zero-order valence-corrected chi connectivity index (χ0v) is 13.9. The first kappa shape index (κ1) is 17.3. The van der Waals surface area contributed by atoms with E-state index < -0.39 is 5.60 Å². The van der Waals surface area contributed by atoms with Crippen LogP contribution in [0, 0.1) is 0 Å². The van der Waals surface area contributed by atoms with Crippen molar-refractivity contribution in [2.24, 2.45) is 0 Å². The van der Waals surface area contributed by atoms with Crippen molar-refractivity contribution in [3.05, 3.63) is 0 Å². The molecule has 2 atom stereocenters. The molecule has 4 nitrogen and oxygen atoms in total. The third-order valence-electron chi connectivity index (χ3n) is 3.68. The standard InChI is InChI=1S/C16H32N2O2/c1-6-9-13(2)17-12-14-10-7-8-11-18(14)15(19)20-16(3,4)5/h13-14,17H,6-12H2,1-5H3. The Bertz CT molecular complexity index is 299. The number of likely N-dealkylation sites (tertiary alicyclic amines) is 1. The van der Waals surface area contributed by atoms with Gasteiger partial charge in [0.1, 0.15) is 5.60 Å². The first-order valence-corrected chi connectivity index (χ1v) is 8.06. The van der Waals surface area contributed by atoms with Crippen LogP contribution in [0.1, 0.15) is 66.7 Å². The lowest BCUT2D eigenvalue weighted by Crippen LogP contribution is -2.51. The molecule has 1 saturated heterocycles. The Morgan fingerprint density at radius 3 is 2.70 bits per heavy atom. The maximum atomic E-state index is 12.3. The topological polar surface area (TPSA) is 41.6 Å². The first-order valence-electron chi connectivity index (χ1n) is 8.06. The van der Waals surface area contributed by atoms with Crippen LogP contribution in [-0.4, -0.2) is 41.8 Å². The summed E-state index contributed by atoms with van der Waals surface area (Å²) in [4.78, 5) is 14.2. The Hall–Kier alpha value is -0.770. The molecule has 0 aliphatic carbocycles. The molecule has 4 heteroatoms. The SMILES string of the molecule is CCCC(C)NCC1CCCCN1C(=O)OC(C)(C)C. The quantitative estimate of drug-likeness (QED) is 0.839. The number of hydrogen-bond acceptors (Lipinski definition) is 3. The van der Waals surface area contributed by atoms with Crippen LogP contribution in [0.4, 0.5) is 4.79 Å². The van der Waals surface area contributed by atoms with Crippen LogP contribution < -0.4 is 5.32 Å². The van der Waals surface area contributed by atoms with E-state index in [1.165, 1.54) is 19.3 Å². The molecule has 20 heavy (non-hydrogen) atoms. The molecule has 0 aromatic heterocycles. The van der Waals surface area contributed by atoms with Gasteiger partial charge >= 0.3 is 6.09 Å². The number of carbonyl (C=O) groups excluding carboxylic acids is 1. The van der Waals surface area contributed by atoms with Crippen molar-refractivity contribution in [2.45, 2.75) is 84.4 Å². The summed E-state index contributed by atoms with van der Waals surface area (Å²) in [6.07, 6.45) is 5.57. The minimum Gasteiger partial charge on any atom is -0.444 e. The van der Waals surface area contributed by atoms with Gasteiger partial charge < -0.3 is 15.0 Å². The van der Waals surface area contributed by atoms with Gasteiger partial charge in [0.25, 0.3) is 0 Å². The van der Waals surface area contributed by atoms with E-state index in [-0.39, 0.29) is 12.1 Å². The van der Waals surface area contributed by atoms with Crippen molar-refractivity contribution >= 4 is 6.09 Å². The third kappa shape index (κ3) is 6.12. The Kier molecular flexibility index (Phi) is 6.80. The molecule has 1 heterocycles. The lowest BCUT2D eigenvalue weighted by Gasteiger charge is -2.37. The monoisotopic (exact) mass is 284 g/mol. The number of amides is 1. The van der Waals surface area contributed by atoms with E-state index in [0.717, 1.165) is 25.9 Å². The van der Waals surface area contributed by atoms with Gasteiger partial charge in [0.05, 0.1) is 0 Å². The number of hydrogen-bond donors (Lipinski definition) is 1. The van der Waals surface area contributed by atoms with Crippen LogP contribution in [0.2, 0.25) is 0 Å². The number of ether oxygens (including phenoxy) is 1. The van der Waals surface area contributed by atoms with Crippen LogP contribution in [0.5, 0.6) is 0 Å². The summed E-state index contributed by atoms with van der Waals surface area (Å²) in [6, 6.07) is 0.792. The first-order chi connectivity index (χ1) is 9.33. The lowest BCUT2D eigenvalue weighted by molar-refractivity contribution is 0.00968. The van der Waals surface area contributed by atoms with E-state index in [1.807, 2.05) is 25.7 Å². The van der Waals surface area contributed by atoms with Crippen LogP contribution in [0.3, 0.4) is 0 Å². The fourth-order valence-electron chi connectivity index (χ4n) is 2.65. The third-order valence-corrected chi connectivity index (χ3v) is 3.68. The molecular weight excluding hydrogens is 252 g/mol. The molecule has 118 valence electrons. The van der Waals surface area contributed by atoms with Crippen molar-refractivity contribution in [2.75, 3.05) is 13.1 Å². The Morgan fingerprint density at radius 2 is 2.10 bits per heavy atom. The maximum Gasteiger partial charge on any atom is 0.410 e. The molecule has 0 saturated carbocycles. The van der Waals surface area contributed by atoms with Gasteiger partial charge in [-0.15, -0.1) is 0 Å². The van der Waals surface area contributed by atoms with Crippen molar-refractivity contribution in [1.29, 1.82) is 0 Å². The van der Waals surface area contributed by atoms with Crippen LogP contribution >= 0.6 is 0 Å². The average Bonchev–Trinajstić information content (AvgIpc) is 2.35. The minimum absolute atomic E-state index is 0.160. The summed E-state index contributed by atoms with van der Waals surface area (Å²) < 4.78 is 5.52. The van der Waals surface area contributed by atoms with E-state index in [9.17, 15) is 4.79 Å². The second kappa shape index (κ2) is 7.87. The molecule has 1 rings (SSSR count). The molecular formula is C16H32N2O2. The van der Waals surface area contributed by atoms with Gasteiger partial charge in [-0.2, -0.15) is 0 Å². The van der Waals surface area contributed by atoms with Crippen LogP contribution in [0.25, 0.3) is 0 Å². The van der Waals surface area contributed by atoms with E-state index in [2.05, 4.69) is 19.2 Å². The molecule has 0 bridgehead atoms. The second-order valence-electron chi connectivity index (χ2n) is 6.92. The minimum atomic E-state index is -0.415. The van der Waals surface area contributed by atoms with Gasteiger partial charge in [0.2, 0.25) is 0 Å². The zero-order valence-electron chi connectivity index (χ0n) is 13.9. The molecule has 2 unspecified atom stereocenters. The Morgan fingerprint density at radius 1 is 1.40 bits per heavy atom. The number of nitrogens with zero attached hydrogens (tertiary/aromatic N) is 1. The molecule has 1 aliphatic rings. The fourth-order valence-corrected chi connectivity index (χ4v) is 2.65. The van der Waals surface area contributed by atoms with Crippen molar-refractivity contribution in [3.63, 3.8) is 0 Å². The average molecular weight is 284 g/mol. The molecule has 0 aromatic rings. The highest BCUT2D eigenvalue weighted by molar-refractivity contribution is 5.68. The van der Waals surface area contributed by atoms with E-state index in [0.29, 0.717) is 6.04 Å². The van der Waals surface area contributed by atoms with Crippen molar-refractivity contribution in [3.8, 4) is 0 Å². The number of carbonyl (C=O) groups is 1. The van der Waals surface area contributed by atoms with Crippen molar-refractivity contribution in [1.82, 2.24) is 10.2 Å². The van der Waals surface area contributed by atoms with Crippen LogP contribution in [-0.2, 0) is 4.74 Å². The predicted octanol–water partition coefficient (Wildman–Crippen LogP) is 3.55. The molecule has 1 amide bonds. The Balaban J connectivity index is 2.51. The number of rotatable bonds is 5. The van der Waals surface area contributed by atoms with Gasteiger partial charge in [-0.05, 0) is 53.4 Å². The molecule has 0 radical (unpaired) electrons. The highest BCUT2D eigenvalue weighted by Gasteiger charge is 2.30. The van der Waals surface area contributed by atoms with Gasteiger partial charge in [0, 0.05) is 25.2 Å². The fraction of sp³-hybridized carbons (Fsp3) is 0.938. The molecule has 0 spiro atoms. The molecule has 1 aliphatic heterocycles. The maximum absolute atomic E-state index is 12.3. The molecule has 0 aromatic carbocycles. The highest BCUT2D eigenvalue weighted by Crippen LogP contribution is 2.20. The summed E-state index contributed by atoms with van der Waals surface area (Å²) in [7, 11) is 0.